The zero-order chi connectivity index (χ0) is 18.2. The van der Waals surface area contributed by atoms with Gasteiger partial charge in [-0.25, -0.2) is 4.98 Å². The molecule has 0 aliphatic carbocycles. The van der Waals surface area contributed by atoms with Crippen LogP contribution >= 0.6 is 35.3 Å². The quantitative estimate of drug-likeness (QED) is 0.373. The van der Waals surface area contributed by atoms with Crippen LogP contribution in [-0.2, 0) is 12.8 Å². The number of nitrogens with zero attached hydrogens (tertiary/aromatic N) is 3. The molecule has 1 fully saturated rings. The van der Waals surface area contributed by atoms with Gasteiger partial charge in [0.1, 0.15) is 0 Å². The number of benzene rings is 1. The van der Waals surface area contributed by atoms with Crippen molar-refractivity contribution in [1.29, 1.82) is 0 Å². The summed E-state index contributed by atoms with van der Waals surface area (Å²) >= 11 is 1.82. The lowest BCUT2D eigenvalue weighted by Crippen LogP contribution is -2.45. The predicted molar refractivity (Wildman–Crippen MR) is 127 cm³/mol. The average Bonchev–Trinajstić information content (AvgIpc) is 3.15. The third-order valence-corrected chi connectivity index (χ3v) is 5.86. The lowest BCUT2D eigenvalue weighted by Gasteiger charge is -2.31. The first-order chi connectivity index (χ1) is 12.8. The standard InChI is InChI=1S/C21H28N4S.HI/c1-3-19-16-24-20(26-19)9-12-23-21(22-2)25-13-10-18(11-14-25)15-17-7-5-4-6-8-17;/h4-8,15-16H,3,9-14H2,1-2H3,(H,22,23);1H. The molecule has 146 valence electrons. The predicted octanol–water partition coefficient (Wildman–Crippen LogP) is 4.62. The second-order valence-electron chi connectivity index (χ2n) is 6.50. The summed E-state index contributed by atoms with van der Waals surface area (Å²) in [4.78, 5) is 12.7. The van der Waals surface area contributed by atoms with Crippen LogP contribution in [0.3, 0.4) is 0 Å². The highest BCUT2D eigenvalue weighted by Crippen LogP contribution is 2.19. The maximum atomic E-state index is 4.49. The number of aromatic nitrogens is 1. The van der Waals surface area contributed by atoms with E-state index in [1.54, 1.807) is 0 Å². The topological polar surface area (TPSA) is 40.5 Å². The Bertz CT molecular complexity index is 745. The Morgan fingerprint density at radius 3 is 2.63 bits per heavy atom. The number of thiazole rings is 1. The Kier molecular flexibility index (Phi) is 9.27. The van der Waals surface area contributed by atoms with Crippen LogP contribution in [0.4, 0.5) is 0 Å². The SMILES string of the molecule is CCc1cnc(CCNC(=NC)N2CCC(=Cc3ccccc3)CC2)s1.I. The maximum Gasteiger partial charge on any atom is 0.193 e. The summed E-state index contributed by atoms with van der Waals surface area (Å²) in [7, 11) is 1.87. The lowest BCUT2D eigenvalue weighted by molar-refractivity contribution is 0.376. The molecule has 2 aromatic rings. The number of nitrogens with one attached hydrogen (secondary N) is 1. The number of rotatable bonds is 5. The lowest BCUT2D eigenvalue weighted by atomic mass is 10.0. The van der Waals surface area contributed by atoms with Gasteiger partial charge < -0.3 is 10.2 Å². The van der Waals surface area contributed by atoms with Crippen LogP contribution in [0.5, 0.6) is 0 Å². The van der Waals surface area contributed by atoms with Crippen LogP contribution in [0.2, 0.25) is 0 Å². The largest absolute Gasteiger partial charge is 0.356 e. The molecule has 1 aliphatic heterocycles. The van der Waals surface area contributed by atoms with Crippen molar-refractivity contribution in [2.45, 2.75) is 32.6 Å². The Morgan fingerprint density at radius 1 is 1.26 bits per heavy atom. The molecule has 1 saturated heterocycles. The summed E-state index contributed by atoms with van der Waals surface area (Å²) in [6, 6.07) is 10.6. The van der Waals surface area contributed by atoms with Crippen LogP contribution < -0.4 is 5.32 Å². The van der Waals surface area contributed by atoms with Crippen LogP contribution in [0.15, 0.2) is 47.1 Å². The molecule has 3 rings (SSSR count). The van der Waals surface area contributed by atoms with Gasteiger partial charge >= 0.3 is 0 Å². The number of halogens is 1. The van der Waals surface area contributed by atoms with Crippen molar-refractivity contribution in [3.8, 4) is 0 Å². The first kappa shape index (κ1) is 21.9. The zero-order valence-corrected chi connectivity index (χ0v) is 19.3. The summed E-state index contributed by atoms with van der Waals surface area (Å²) in [5.74, 6) is 1.01. The molecule has 27 heavy (non-hydrogen) atoms. The van der Waals surface area contributed by atoms with Crippen LogP contribution in [-0.4, -0.2) is 42.5 Å². The number of aliphatic imine (C=N–C) groups is 1. The molecule has 0 atom stereocenters. The van der Waals surface area contributed by atoms with E-state index in [0.717, 1.165) is 51.3 Å². The van der Waals surface area contributed by atoms with Crippen molar-refractivity contribution in [3.63, 3.8) is 0 Å². The molecule has 0 bridgehead atoms. The van der Waals surface area contributed by atoms with E-state index in [0.29, 0.717) is 0 Å². The Morgan fingerprint density at radius 2 is 2.00 bits per heavy atom. The van der Waals surface area contributed by atoms with Gasteiger partial charge in [0.05, 0.1) is 5.01 Å². The van der Waals surface area contributed by atoms with E-state index in [1.165, 1.54) is 21.0 Å². The van der Waals surface area contributed by atoms with E-state index >= 15 is 0 Å². The fourth-order valence-corrected chi connectivity index (χ4v) is 4.04. The highest BCUT2D eigenvalue weighted by Gasteiger charge is 2.17. The van der Waals surface area contributed by atoms with Crippen LogP contribution in [0.25, 0.3) is 6.08 Å². The Balaban J connectivity index is 0.00000261. The van der Waals surface area contributed by atoms with E-state index < -0.39 is 0 Å². The first-order valence-electron chi connectivity index (χ1n) is 9.42. The number of hydrogen-bond acceptors (Lipinski definition) is 3. The molecule has 1 aromatic heterocycles. The molecule has 0 spiro atoms. The zero-order valence-electron chi connectivity index (χ0n) is 16.1. The van der Waals surface area contributed by atoms with E-state index in [4.69, 9.17) is 0 Å². The van der Waals surface area contributed by atoms with Gasteiger partial charge in [-0.3, -0.25) is 4.99 Å². The van der Waals surface area contributed by atoms with Gasteiger partial charge in [-0.15, -0.1) is 35.3 Å². The molecule has 0 unspecified atom stereocenters. The monoisotopic (exact) mass is 496 g/mol. The molecule has 2 heterocycles. The summed E-state index contributed by atoms with van der Waals surface area (Å²) in [6.07, 6.45) is 8.56. The highest BCUT2D eigenvalue weighted by molar-refractivity contribution is 14.0. The number of piperidine rings is 1. The van der Waals surface area contributed by atoms with Crippen molar-refractivity contribution in [2.24, 2.45) is 4.99 Å². The molecular formula is C21H29IN4S. The van der Waals surface area contributed by atoms with Gasteiger partial charge in [0.25, 0.3) is 0 Å². The smallest absolute Gasteiger partial charge is 0.193 e. The molecule has 1 aromatic carbocycles. The van der Waals surface area contributed by atoms with Gasteiger partial charge in [-0.1, -0.05) is 48.9 Å². The number of hydrogen-bond donors (Lipinski definition) is 1. The van der Waals surface area contributed by atoms with Gasteiger partial charge in [0.15, 0.2) is 5.96 Å². The molecule has 6 heteroatoms. The minimum atomic E-state index is 0. The van der Waals surface area contributed by atoms with Gasteiger partial charge in [0.2, 0.25) is 0 Å². The summed E-state index contributed by atoms with van der Waals surface area (Å²) in [5, 5.41) is 4.71. The second-order valence-corrected chi connectivity index (χ2v) is 7.70. The fourth-order valence-electron chi connectivity index (χ4n) is 3.18. The normalized spacial score (nSPS) is 14.7. The van der Waals surface area contributed by atoms with Crippen molar-refractivity contribution >= 4 is 47.3 Å². The summed E-state index contributed by atoms with van der Waals surface area (Å²) in [5.41, 5.74) is 2.83. The number of aryl methyl sites for hydroxylation is 1. The Hall–Kier alpha value is -1.41. The average molecular weight is 496 g/mol. The fraction of sp³-hybridized carbons (Fsp3) is 0.429. The van der Waals surface area contributed by atoms with Gasteiger partial charge in [-0.05, 0) is 24.8 Å². The first-order valence-corrected chi connectivity index (χ1v) is 10.2. The molecule has 1 aliphatic rings. The number of guanidine groups is 1. The molecule has 0 amide bonds. The Labute approximate surface area is 183 Å². The van der Waals surface area contributed by atoms with Crippen molar-refractivity contribution in [1.82, 2.24) is 15.2 Å². The van der Waals surface area contributed by atoms with Crippen LogP contribution in [0.1, 0.15) is 35.2 Å². The molecule has 4 nitrogen and oxygen atoms in total. The molecule has 1 N–H and O–H groups in total. The maximum absolute atomic E-state index is 4.49. The van der Waals surface area contributed by atoms with Crippen LogP contribution in [0, 0.1) is 0 Å². The minimum Gasteiger partial charge on any atom is -0.356 e. The van der Waals surface area contributed by atoms with Crippen molar-refractivity contribution in [3.05, 3.63) is 57.6 Å². The van der Waals surface area contributed by atoms with Gasteiger partial charge in [-0.2, -0.15) is 0 Å². The number of likely N-dealkylation sites (tertiary alicyclic amines) is 1. The third kappa shape index (κ3) is 6.60. The molecular weight excluding hydrogens is 467 g/mol. The van der Waals surface area contributed by atoms with E-state index in [9.17, 15) is 0 Å². The van der Waals surface area contributed by atoms with Crippen molar-refractivity contribution in [2.75, 3.05) is 26.7 Å². The molecule has 0 radical (unpaired) electrons. The van der Waals surface area contributed by atoms with E-state index in [1.807, 2.05) is 24.6 Å². The van der Waals surface area contributed by atoms with E-state index in [-0.39, 0.29) is 24.0 Å². The summed E-state index contributed by atoms with van der Waals surface area (Å²) < 4.78 is 0. The summed E-state index contributed by atoms with van der Waals surface area (Å²) in [6.45, 7) is 5.10. The molecule has 0 saturated carbocycles. The minimum absolute atomic E-state index is 0. The third-order valence-electron chi connectivity index (χ3n) is 4.66. The highest BCUT2D eigenvalue weighted by atomic mass is 127. The second kappa shape index (κ2) is 11.4. The van der Waals surface area contributed by atoms with E-state index in [2.05, 4.69) is 63.5 Å². The van der Waals surface area contributed by atoms with Gasteiger partial charge in [0, 0.05) is 44.2 Å². The van der Waals surface area contributed by atoms with Crippen molar-refractivity contribution < 1.29 is 0 Å².